The first-order valence-corrected chi connectivity index (χ1v) is 6.16. The van der Waals surface area contributed by atoms with Gasteiger partial charge in [0, 0.05) is 6.07 Å². The van der Waals surface area contributed by atoms with Gasteiger partial charge in [-0.05, 0) is 24.3 Å². The molecular formula is C14H12ClFN2O2. The third kappa shape index (κ3) is 3.61. The number of benzene rings is 2. The summed E-state index contributed by atoms with van der Waals surface area (Å²) in [5, 5.41) is 3.03. The number of ether oxygens (including phenoxy) is 1. The Balaban J connectivity index is 1.94. The molecule has 0 spiro atoms. The van der Waals surface area contributed by atoms with Crippen molar-refractivity contribution >= 4 is 28.9 Å². The average molecular weight is 295 g/mol. The lowest BCUT2D eigenvalue weighted by Crippen LogP contribution is -2.20. The van der Waals surface area contributed by atoms with Crippen molar-refractivity contribution in [2.75, 3.05) is 17.7 Å². The molecule has 0 aliphatic carbocycles. The molecule has 0 aliphatic rings. The number of hydrogen-bond acceptors (Lipinski definition) is 3. The van der Waals surface area contributed by atoms with Crippen LogP contribution in [0.4, 0.5) is 15.8 Å². The summed E-state index contributed by atoms with van der Waals surface area (Å²) >= 11 is 5.91. The zero-order valence-electron chi connectivity index (χ0n) is 10.4. The number of hydrogen-bond donors (Lipinski definition) is 2. The van der Waals surface area contributed by atoms with Gasteiger partial charge in [-0.1, -0.05) is 23.7 Å². The van der Waals surface area contributed by atoms with E-state index in [1.807, 2.05) is 0 Å². The van der Waals surface area contributed by atoms with Crippen LogP contribution in [0.1, 0.15) is 0 Å². The number of halogens is 2. The van der Waals surface area contributed by atoms with Crippen molar-refractivity contribution in [1.82, 2.24) is 0 Å². The summed E-state index contributed by atoms with van der Waals surface area (Å²) in [4.78, 5) is 11.7. The minimum absolute atomic E-state index is 0.135. The fourth-order valence-electron chi connectivity index (χ4n) is 1.54. The molecule has 6 heteroatoms. The highest BCUT2D eigenvalue weighted by Gasteiger charge is 2.08. The Kier molecular flexibility index (Phi) is 4.42. The van der Waals surface area contributed by atoms with E-state index in [-0.39, 0.29) is 24.0 Å². The SMILES string of the molecule is Nc1cc(F)ccc1OCC(=O)Nc1ccccc1Cl. The standard InChI is InChI=1S/C14H12ClFN2O2/c15-10-3-1-2-4-12(10)18-14(19)8-20-13-6-5-9(16)7-11(13)17/h1-7H,8,17H2,(H,18,19). The van der Waals surface area contributed by atoms with Crippen molar-refractivity contribution in [3.8, 4) is 5.75 Å². The van der Waals surface area contributed by atoms with E-state index in [2.05, 4.69) is 5.32 Å². The Hall–Kier alpha value is -2.27. The van der Waals surface area contributed by atoms with E-state index < -0.39 is 5.82 Å². The number of nitrogens with two attached hydrogens (primary N) is 1. The Bertz CT molecular complexity index is 634. The predicted molar refractivity (Wildman–Crippen MR) is 76.4 cm³/mol. The number of amides is 1. The first-order chi connectivity index (χ1) is 9.56. The second-order valence-corrected chi connectivity index (χ2v) is 4.41. The maximum atomic E-state index is 12.8. The molecule has 104 valence electrons. The van der Waals surface area contributed by atoms with E-state index in [1.165, 1.54) is 12.1 Å². The van der Waals surface area contributed by atoms with E-state index in [9.17, 15) is 9.18 Å². The molecule has 0 saturated heterocycles. The molecule has 0 atom stereocenters. The summed E-state index contributed by atoms with van der Waals surface area (Å²) < 4.78 is 18.1. The first-order valence-electron chi connectivity index (χ1n) is 5.78. The number of carbonyl (C=O) groups excluding carboxylic acids is 1. The van der Waals surface area contributed by atoms with Crippen LogP contribution < -0.4 is 15.8 Å². The molecule has 0 bridgehead atoms. The second kappa shape index (κ2) is 6.25. The zero-order chi connectivity index (χ0) is 14.5. The summed E-state index contributed by atoms with van der Waals surface area (Å²) in [7, 11) is 0. The number of nitrogen functional groups attached to an aromatic ring is 1. The highest BCUT2D eigenvalue weighted by Crippen LogP contribution is 2.22. The van der Waals surface area contributed by atoms with Gasteiger partial charge >= 0.3 is 0 Å². The van der Waals surface area contributed by atoms with E-state index in [0.29, 0.717) is 10.7 Å². The molecule has 0 unspecified atom stereocenters. The van der Waals surface area contributed by atoms with Crippen LogP contribution in [0.15, 0.2) is 42.5 Å². The van der Waals surface area contributed by atoms with Gasteiger partial charge in [-0.3, -0.25) is 4.79 Å². The van der Waals surface area contributed by atoms with E-state index in [4.69, 9.17) is 22.1 Å². The Labute approximate surface area is 120 Å². The maximum Gasteiger partial charge on any atom is 0.262 e. The largest absolute Gasteiger partial charge is 0.482 e. The first kappa shape index (κ1) is 14.1. The quantitative estimate of drug-likeness (QED) is 0.852. The average Bonchev–Trinajstić information content (AvgIpc) is 2.40. The Morgan fingerprint density at radius 3 is 2.75 bits per heavy atom. The van der Waals surface area contributed by atoms with Crippen molar-refractivity contribution in [3.05, 3.63) is 53.3 Å². The third-order valence-corrected chi connectivity index (χ3v) is 2.81. The number of rotatable bonds is 4. The topological polar surface area (TPSA) is 64.3 Å². The summed E-state index contributed by atoms with van der Waals surface area (Å²) in [5.41, 5.74) is 6.20. The fraction of sp³-hybridized carbons (Fsp3) is 0.0714. The fourth-order valence-corrected chi connectivity index (χ4v) is 1.73. The maximum absolute atomic E-state index is 12.8. The van der Waals surface area contributed by atoms with Crippen LogP contribution in [0, 0.1) is 5.82 Å². The molecular weight excluding hydrogens is 283 g/mol. The van der Waals surface area contributed by atoms with Gasteiger partial charge in [0.2, 0.25) is 0 Å². The van der Waals surface area contributed by atoms with Gasteiger partial charge in [-0.25, -0.2) is 4.39 Å². The predicted octanol–water partition coefficient (Wildman–Crippen LogP) is 3.08. The van der Waals surface area contributed by atoms with Crippen molar-refractivity contribution in [2.24, 2.45) is 0 Å². The Morgan fingerprint density at radius 2 is 2.05 bits per heavy atom. The summed E-state index contributed by atoms with van der Waals surface area (Å²) in [6, 6.07) is 10.5. The van der Waals surface area contributed by atoms with Crippen molar-refractivity contribution in [2.45, 2.75) is 0 Å². The minimum atomic E-state index is -0.463. The molecule has 0 heterocycles. The summed E-state index contributed by atoms with van der Waals surface area (Å²) in [6.45, 7) is -0.249. The van der Waals surface area contributed by atoms with Crippen LogP contribution >= 0.6 is 11.6 Å². The van der Waals surface area contributed by atoms with Crippen LogP contribution in [-0.2, 0) is 4.79 Å². The van der Waals surface area contributed by atoms with Gasteiger partial charge in [-0.2, -0.15) is 0 Å². The second-order valence-electron chi connectivity index (χ2n) is 4.00. The molecule has 3 N–H and O–H groups in total. The summed E-state index contributed by atoms with van der Waals surface area (Å²) in [5.74, 6) is -0.599. The lowest BCUT2D eigenvalue weighted by molar-refractivity contribution is -0.118. The van der Waals surface area contributed by atoms with Crippen LogP contribution in [0.5, 0.6) is 5.75 Å². The van der Waals surface area contributed by atoms with Gasteiger partial charge in [0.25, 0.3) is 5.91 Å². The molecule has 1 amide bonds. The van der Waals surface area contributed by atoms with Gasteiger partial charge in [0.1, 0.15) is 11.6 Å². The molecule has 4 nitrogen and oxygen atoms in total. The van der Waals surface area contributed by atoms with E-state index in [0.717, 1.165) is 6.07 Å². The van der Waals surface area contributed by atoms with E-state index >= 15 is 0 Å². The molecule has 0 aromatic heterocycles. The van der Waals surface area contributed by atoms with Gasteiger partial charge < -0.3 is 15.8 Å². The lowest BCUT2D eigenvalue weighted by atomic mass is 10.3. The normalized spacial score (nSPS) is 10.1. The van der Waals surface area contributed by atoms with Crippen LogP contribution in [0.2, 0.25) is 5.02 Å². The van der Waals surface area contributed by atoms with Crippen molar-refractivity contribution in [3.63, 3.8) is 0 Å². The van der Waals surface area contributed by atoms with Crippen molar-refractivity contribution in [1.29, 1.82) is 0 Å². The third-order valence-electron chi connectivity index (χ3n) is 2.48. The molecule has 2 rings (SSSR count). The highest BCUT2D eigenvalue weighted by molar-refractivity contribution is 6.33. The van der Waals surface area contributed by atoms with Crippen LogP contribution in [0.25, 0.3) is 0 Å². The zero-order valence-corrected chi connectivity index (χ0v) is 11.2. The molecule has 2 aromatic carbocycles. The van der Waals surface area contributed by atoms with Gasteiger partial charge in [0.05, 0.1) is 16.4 Å². The lowest BCUT2D eigenvalue weighted by Gasteiger charge is -2.10. The summed E-state index contributed by atoms with van der Waals surface area (Å²) in [6.07, 6.45) is 0. The number of nitrogens with one attached hydrogen (secondary N) is 1. The Morgan fingerprint density at radius 1 is 1.30 bits per heavy atom. The highest BCUT2D eigenvalue weighted by atomic mass is 35.5. The number of anilines is 2. The van der Waals surface area contributed by atoms with Gasteiger partial charge in [0.15, 0.2) is 6.61 Å². The minimum Gasteiger partial charge on any atom is -0.482 e. The number of para-hydroxylation sites is 1. The molecule has 0 fully saturated rings. The molecule has 20 heavy (non-hydrogen) atoms. The molecule has 0 saturated carbocycles. The smallest absolute Gasteiger partial charge is 0.262 e. The monoisotopic (exact) mass is 294 g/mol. The van der Waals surface area contributed by atoms with Crippen LogP contribution in [0.3, 0.4) is 0 Å². The molecule has 0 aliphatic heterocycles. The van der Waals surface area contributed by atoms with Gasteiger partial charge in [-0.15, -0.1) is 0 Å². The van der Waals surface area contributed by atoms with Crippen LogP contribution in [-0.4, -0.2) is 12.5 Å². The molecule has 0 radical (unpaired) electrons. The van der Waals surface area contributed by atoms with Crippen molar-refractivity contribution < 1.29 is 13.9 Å². The number of carbonyl (C=O) groups is 1. The van der Waals surface area contributed by atoms with E-state index in [1.54, 1.807) is 24.3 Å². The molecule has 2 aromatic rings.